The maximum absolute atomic E-state index is 6.15. The third-order valence-electron chi connectivity index (χ3n) is 4.07. The summed E-state index contributed by atoms with van der Waals surface area (Å²) in [5.41, 5.74) is 0.118. The standard InChI is InChI=1S/C11H21NO/c1-4-11(3)8(2)10-9(13-11)6-5-7-12-10/h8-10,12H,4-7H2,1-3H3. The second kappa shape index (κ2) is 3.25. The second-order valence-electron chi connectivity index (χ2n) is 4.73. The van der Waals surface area contributed by atoms with E-state index in [0.717, 1.165) is 6.42 Å². The van der Waals surface area contributed by atoms with Crippen LogP contribution < -0.4 is 5.32 Å². The molecule has 0 radical (unpaired) electrons. The Bertz CT molecular complexity index is 195. The number of nitrogens with one attached hydrogen (secondary N) is 1. The monoisotopic (exact) mass is 183 g/mol. The second-order valence-corrected chi connectivity index (χ2v) is 4.73. The van der Waals surface area contributed by atoms with Crippen LogP contribution in [0.5, 0.6) is 0 Å². The van der Waals surface area contributed by atoms with Crippen LogP contribution in [0.25, 0.3) is 0 Å². The van der Waals surface area contributed by atoms with Crippen LogP contribution in [0.4, 0.5) is 0 Å². The fourth-order valence-corrected chi connectivity index (χ4v) is 2.75. The average Bonchev–Trinajstić information content (AvgIpc) is 2.41. The lowest BCUT2D eigenvalue weighted by Crippen LogP contribution is -2.45. The molecule has 2 saturated heterocycles. The molecule has 2 heterocycles. The molecule has 1 N–H and O–H groups in total. The van der Waals surface area contributed by atoms with Gasteiger partial charge >= 0.3 is 0 Å². The lowest BCUT2D eigenvalue weighted by molar-refractivity contribution is -0.0507. The first kappa shape index (κ1) is 9.47. The van der Waals surface area contributed by atoms with E-state index in [1.165, 1.54) is 19.4 Å². The van der Waals surface area contributed by atoms with E-state index in [4.69, 9.17) is 4.74 Å². The summed E-state index contributed by atoms with van der Waals surface area (Å²) in [5, 5.41) is 3.60. The summed E-state index contributed by atoms with van der Waals surface area (Å²) in [6, 6.07) is 0.610. The smallest absolute Gasteiger partial charge is 0.0739 e. The van der Waals surface area contributed by atoms with Crippen molar-refractivity contribution in [2.45, 2.75) is 57.8 Å². The fraction of sp³-hybridized carbons (Fsp3) is 1.00. The zero-order chi connectivity index (χ0) is 9.47. The number of piperidine rings is 1. The highest BCUT2D eigenvalue weighted by Gasteiger charge is 2.48. The van der Waals surface area contributed by atoms with Gasteiger partial charge in [0, 0.05) is 12.0 Å². The summed E-state index contributed by atoms with van der Waals surface area (Å²) in [4.78, 5) is 0. The van der Waals surface area contributed by atoms with E-state index in [-0.39, 0.29) is 5.60 Å². The highest BCUT2D eigenvalue weighted by atomic mass is 16.5. The summed E-state index contributed by atoms with van der Waals surface area (Å²) in [5.74, 6) is 0.655. The highest BCUT2D eigenvalue weighted by Crippen LogP contribution is 2.40. The van der Waals surface area contributed by atoms with Gasteiger partial charge in [0.05, 0.1) is 11.7 Å². The summed E-state index contributed by atoms with van der Waals surface area (Å²) < 4.78 is 6.15. The molecule has 2 heteroatoms. The predicted octanol–water partition coefficient (Wildman–Crippen LogP) is 1.94. The third-order valence-corrected chi connectivity index (χ3v) is 4.07. The summed E-state index contributed by atoms with van der Waals surface area (Å²) in [6.07, 6.45) is 4.13. The maximum Gasteiger partial charge on any atom is 0.0739 e. The van der Waals surface area contributed by atoms with Crippen molar-refractivity contribution in [2.24, 2.45) is 5.92 Å². The van der Waals surface area contributed by atoms with E-state index >= 15 is 0 Å². The van der Waals surface area contributed by atoms with Gasteiger partial charge in [-0.2, -0.15) is 0 Å². The van der Waals surface area contributed by atoms with Gasteiger partial charge in [-0.15, -0.1) is 0 Å². The topological polar surface area (TPSA) is 21.3 Å². The fourth-order valence-electron chi connectivity index (χ4n) is 2.75. The molecule has 4 unspecified atom stereocenters. The summed E-state index contributed by atoms with van der Waals surface area (Å²) >= 11 is 0. The van der Waals surface area contributed by atoms with Crippen molar-refractivity contribution in [2.75, 3.05) is 6.54 Å². The van der Waals surface area contributed by atoms with Crippen LogP contribution in [-0.4, -0.2) is 24.3 Å². The molecule has 2 nitrogen and oxygen atoms in total. The van der Waals surface area contributed by atoms with E-state index in [9.17, 15) is 0 Å². The molecule has 0 amide bonds. The van der Waals surface area contributed by atoms with E-state index in [2.05, 4.69) is 26.1 Å². The van der Waals surface area contributed by atoms with Gasteiger partial charge in [-0.05, 0) is 32.7 Å². The van der Waals surface area contributed by atoms with Gasteiger partial charge in [-0.25, -0.2) is 0 Å². The Morgan fingerprint density at radius 3 is 2.92 bits per heavy atom. The van der Waals surface area contributed by atoms with Crippen molar-refractivity contribution >= 4 is 0 Å². The van der Waals surface area contributed by atoms with Crippen LogP contribution in [0.1, 0.15) is 40.0 Å². The van der Waals surface area contributed by atoms with Crippen LogP contribution >= 0.6 is 0 Å². The normalized spacial score (nSPS) is 50.5. The SMILES string of the molecule is CCC1(C)OC2CCCNC2C1C. The highest BCUT2D eigenvalue weighted by molar-refractivity contribution is 5.01. The lowest BCUT2D eigenvalue weighted by Gasteiger charge is -2.28. The molecular weight excluding hydrogens is 162 g/mol. The molecule has 0 bridgehead atoms. The number of rotatable bonds is 1. The molecule has 0 aromatic rings. The Morgan fingerprint density at radius 1 is 1.54 bits per heavy atom. The molecule has 4 atom stereocenters. The first-order valence-electron chi connectivity index (χ1n) is 5.58. The van der Waals surface area contributed by atoms with Crippen LogP contribution in [0.3, 0.4) is 0 Å². The Morgan fingerprint density at radius 2 is 2.31 bits per heavy atom. The minimum absolute atomic E-state index is 0.118. The molecule has 13 heavy (non-hydrogen) atoms. The third kappa shape index (κ3) is 1.40. The van der Waals surface area contributed by atoms with E-state index in [0.29, 0.717) is 18.1 Å². The Kier molecular flexibility index (Phi) is 2.37. The molecule has 2 rings (SSSR count). The lowest BCUT2D eigenvalue weighted by atomic mass is 9.83. The van der Waals surface area contributed by atoms with Gasteiger partial charge in [0.25, 0.3) is 0 Å². The molecule has 2 aliphatic heterocycles. The number of hydrogen-bond donors (Lipinski definition) is 1. The van der Waals surface area contributed by atoms with Gasteiger partial charge in [0.15, 0.2) is 0 Å². The molecular formula is C11H21NO. The Hall–Kier alpha value is -0.0800. The zero-order valence-corrected chi connectivity index (χ0v) is 8.97. The van der Waals surface area contributed by atoms with E-state index in [1.807, 2.05) is 0 Å². The zero-order valence-electron chi connectivity index (χ0n) is 8.97. The summed E-state index contributed by atoms with van der Waals surface area (Å²) in [6.45, 7) is 7.99. The van der Waals surface area contributed by atoms with Gasteiger partial charge in [0.1, 0.15) is 0 Å². The van der Waals surface area contributed by atoms with Crippen molar-refractivity contribution in [3.8, 4) is 0 Å². The van der Waals surface area contributed by atoms with Crippen molar-refractivity contribution in [1.29, 1.82) is 0 Å². The Labute approximate surface area is 81.0 Å². The first-order valence-corrected chi connectivity index (χ1v) is 5.58. The minimum Gasteiger partial charge on any atom is -0.370 e. The van der Waals surface area contributed by atoms with Crippen LogP contribution in [0.15, 0.2) is 0 Å². The molecule has 0 aromatic heterocycles. The number of hydrogen-bond acceptors (Lipinski definition) is 2. The molecule has 2 fully saturated rings. The van der Waals surface area contributed by atoms with E-state index in [1.54, 1.807) is 0 Å². The molecule has 0 spiro atoms. The van der Waals surface area contributed by atoms with Gasteiger partial charge < -0.3 is 10.1 Å². The van der Waals surface area contributed by atoms with Crippen molar-refractivity contribution in [1.82, 2.24) is 5.32 Å². The molecule has 0 aliphatic carbocycles. The maximum atomic E-state index is 6.15. The van der Waals surface area contributed by atoms with Gasteiger partial charge in [0.2, 0.25) is 0 Å². The van der Waals surface area contributed by atoms with Crippen molar-refractivity contribution in [3.63, 3.8) is 0 Å². The summed E-state index contributed by atoms with van der Waals surface area (Å²) in [7, 11) is 0. The van der Waals surface area contributed by atoms with Gasteiger partial charge in [-0.3, -0.25) is 0 Å². The van der Waals surface area contributed by atoms with Crippen molar-refractivity contribution in [3.05, 3.63) is 0 Å². The Balaban J connectivity index is 2.13. The molecule has 76 valence electrons. The minimum atomic E-state index is 0.118. The molecule has 0 saturated carbocycles. The number of ether oxygens (including phenoxy) is 1. The van der Waals surface area contributed by atoms with Gasteiger partial charge in [-0.1, -0.05) is 13.8 Å². The largest absolute Gasteiger partial charge is 0.370 e. The average molecular weight is 183 g/mol. The molecule has 0 aromatic carbocycles. The van der Waals surface area contributed by atoms with E-state index < -0.39 is 0 Å². The first-order chi connectivity index (χ1) is 6.17. The quantitative estimate of drug-likeness (QED) is 0.671. The van der Waals surface area contributed by atoms with Crippen molar-refractivity contribution < 1.29 is 4.74 Å². The van der Waals surface area contributed by atoms with Crippen LogP contribution in [-0.2, 0) is 4.74 Å². The predicted molar refractivity (Wildman–Crippen MR) is 53.8 cm³/mol. The van der Waals surface area contributed by atoms with Crippen LogP contribution in [0, 0.1) is 5.92 Å². The number of fused-ring (bicyclic) bond motifs is 1. The molecule has 2 aliphatic rings. The van der Waals surface area contributed by atoms with Crippen LogP contribution in [0.2, 0.25) is 0 Å².